The van der Waals surface area contributed by atoms with Crippen LogP contribution in [0, 0.1) is 11.8 Å². The molecule has 0 aromatic heterocycles. The monoisotopic (exact) mass is 567 g/mol. The summed E-state index contributed by atoms with van der Waals surface area (Å²) >= 11 is 0. The number of nitrogens with zero attached hydrogens (tertiary/aromatic N) is 1. The van der Waals surface area contributed by atoms with Crippen molar-refractivity contribution in [1.82, 2.24) is 0 Å². The molecule has 1 unspecified atom stereocenters. The number of anilines is 1. The Balaban J connectivity index is 1.47. The normalized spacial score (nSPS) is 20.3. The van der Waals surface area contributed by atoms with Crippen molar-refractivity contribution < 1.29 is 49.6 Å². The van der Waals surface area contributed by atoms with Gasteiger partial charge in [0.2, 0.25) is 11.5 Å². The highest BCUT2D eigenvalue weighted by atomic mass is 32.2. The minimum atomic E-state index is -5.80. The van der Waals surface area contributed by atoms with Gasteiger partial charge in [-0.3, -0.25) is 9.59 Å². The highest BCUT2D eigenvalue weighted by molar-refractivity contribution is 7.88. The second kappa shape index (κ2) is 10.2. The highest BCUT2D eigenvalue weighted by Crippen LogP contribution is 2.39. The Kier molecular flexibility index (Phi) is 7.41. The van der Waals surface area contributed by atoms with Gasteiger partial charge in [0.15, 0.2) is 5.79 Å². The molecule has 1 amide bonds. The predicted octanol–water partition coefficient (Wildman–Crippen LogP) is 3.83. The van der Waals surface area contributed by atoms with Crippen LogP contribution in [-0.4, -0.2) is 50.4 Å². The molecule has 2 aliphatic heterocycles. The molecule has 0 radical (unpaired) electrons. The number of β-lactam (4-membered cyclic amide) rings is 1. The average Bonchev–Trinajstić information content (AvgIpc) is 2.83. The maximum Gasteiger partial charge on any atom is 0.534 e. The van der Waals surface area contributed by atoms with Gasteiger partial charge in [0.1, 0.15) is 19.0 Å². The van der Waals surface area contributed by atoms with E-state index < -0.39 is 38.7 Å². The molecule has 2 heterocycles. The van der Waals surface area contributed by atoms with Gasteiger partial charge >= 0.3 is 21.6 Å². The fourth-order valence-corrected chi connectivity index (χ4v) is 4.37. The summed E-state index contributed by atoms with van der Waals surface area (Å²) in [6, 6.07) is 11.4. The quantitative estimate of drug-likeness (QED) is 0.176. The molecule has 1 atom stereocenters. The Morgan fingerprint density at radius 2 is 1.64 bits per heavy atom. The van der Waals surface area contributed by atoms with Crippen molar-refractivity contribution in [3.8, 4) is 17.6 Å². The van der Waals surface area contributed by atoms with Gasteiger partial charge in [-0.2, -0.15) is 21.6 Å². The van der Waals surface area contributed by atoms with Crippen molar-refractivity contribution in [2.45, 2.75) is 50.1 Å². The van der Waals surface area contributed by atoms with Crippen molar-refractivity contribution >= 4 is 27.7 Å². The number of benzene rings is 2. The molecule has 2 saturated heterocycles. The SMILES string of the molecule is CC(=O)OC1(C#Cc2ccc(C3CC(=O)N3c3ccc(OS(=O)(=O)C(F)(F)F)cc3)cc2)COC(C)(C)OC1. The molecule has 0 aliphatic carbocycles. The molecule has 0 N–H and O–H groups in total. The third-order valence-electron chi connectivity index (χ3n) is 5.93. The smallest absolute Gasteiger partial charge is 0.441 e. The van der Waals surface area contributed by atoms with Gasteiger partial charge in [-0.15, -0.1) is 0 Å². The van der Waals surface area contributed by atoms with Crippen molar-refractivity contribution in [3.05, 3.63) is 59.7 Å². The number of rotatable bonds is 5. The number of esters is 1. The number of halogens is 3. The minimum Gasteiger partial charge on any atom is -0.441 e. The third kappa shape index (κ3) is 6.35. The molecule has 0 spiro atoms. The van der Waals surface area contributed by atoms with E-state index in [0.717, 1.165) is 17.7 Å². The second-order valence-corrected chi connectivity index (χ2v) is 10.9. The van der Waals surface area contributed by atoms with E-state index in [4.69, 9.17) is 14.2 Å². The summed E-state index contributed by atoms with van der Waals surface area (Å²) in [5.41, 5.74) is -5.07. The van der Waals surface area contributed by atoms with Gasteiger partial charge < -0.3 is 23.3 Å². The third-order valence-corrected chi connectivity index (χ3v) is 6.91. The van der Waals surface area contributed by atoms with E-state index in [2.05, 4.69) is 16.0 Å². The van der Waals surface area contributed by atoms with Crippen LogP contribution in [0.25, 0.3) is 0 Å². The summed E-state index contributed by atoms with van der Waals surface area (Å²) in [5.74, 6) is 3.80. The molecule has 2 aliphatic rings. The summed E-state index contributed by atoms with van der Waals surface area (Å²) in [7, 11) is -5.80. The van der Waals surface area contributed by atoms with Crippen LogP contribution in [0.15, 0.2) is 48.5 Å². The van der Waals surface area contributed by atoms with Crippen molar-refractivity contribution in [3.63, 3.8) is 0 Å². The fourth-order valence-electron chi connectivity index (χ4n) is 3.91. The number of hydrogen-bond donors (Lipinski definition) is 0. The molecule has 2 aromatic carbocycles. The molecule has 208 valence electrons. The zero-order valence-electron chi connectivity index (χ0n) is 21.1. The number of carbonyl (C=O) groups is 2. The lowest BCUT2D eigenvalue weighted by atomic mass is 9.92. The minimum absolute atomic E-state index is 0.0375. The molecule has 0 saturated carbocycles. The van der Waals surface area contributed by atoms with E-state index in [-0.39, 0.29) is 31.6 Å². The van der Waals surface area contributed by atoms with E-state index in [0.29, 0.717) is 11.3 Å². The van der Waals surface area contributed by atoms with Crippen LogP contribution in [0.3, 0.4) is 0 Å². The van der Waals surface area contributed by atoms with Crippen LogP contribution < -0.4 is 9.08 Å². The standard InChI is InChI=1S/C26H24F3NO8S/c1-17(31)37-25(15-35-24(2,3)36-16-25)13-12-18-4-6-19(7-5-18)22-14-23(32)30(22)20-8-10-21(11-9-20)38-39(33,34)26(27,28)29/h4-11,22H,14-16H2,1-3H3. The molecule has 2 aromatic rings. The summed E-state index contributed by atoms with van der Waals surface area (Å²) in [5, 5.41) is 0. The van der Waals surface area contributed by atoms with E-state index in [9.17, 15) is 31.2 Å². The zero-order chi connectivity index (χ0) is 28.6. The van der Waals surface area contributed by atoms with Crippen LogP contribution in [0.2, 0.25) is 0 Å². The molecule has 39 heavy (non-hydrogen) atoms. The van der Waals surface area contributed by atoms with E-state index in [1.165, 1.54) is 24.0 Å². The van der Waals surface area contributed by atoms with Crippen LogP contribution in [0.5, 0.6) is 5.75 Å². The zero-order valence-corrected chi connectivity index (χ0v) is 21.9. The summed E-state index contributed by atoms with van der Waals surface area (Å²) in [4.78, 5) is 25.4. The number of ether oxygens (including phenoxy) is 3. The van der Waals surface area contributed by atoms with Crippen LogP contribution in [-0.2, 0) is 33.9 Å². The van der Waals surface area contributed by atoms with E-state index in [1.54, 1.807) is 38.1 Å². The summed E-state index contributed by atoms with van der Waals surface area (Å²) < 4.78 is 80.8. The summed E-state index contributed by atoms with van der Waals surface area (Å²) in [6.07, 6.45) is 0.200. The first kappa shape index (κ1) is 28.4. The molecule has 2 fully saturated rings. The number of alkyl halides is 3. The van der Waals surface area contributed by atoms with Gasteiger partial charge in [0.05, 0.1) is 12.5 Å². The Hall–Kier alpha value is -3.60. The lowest BCUT2D eigenvalue weighted by molar-refractivity contribution is -0.291. The fraction of sp³-hybridized carbons (Fsp3) is 0.385. The Morgan fingerprint density at radius 1 is 1.05 bits per heavy atom. The van der Waals surface area contributed by atoms with Crippen LogP contribution in [0.1, 0.15) is 44.4 Å². The first-order valence-electron chi connectivity index (χ1n) is 11.6. The van der Waals surface area contributed by atoms with Crippen LogP contribution in [0.4, 0.5) is 18.9 Å². The van der Waals surface area contributed by atoms with Gasteiger partial charge in [0, 0.05) is 18.2 Å². The van der Waals surface area contributed by atoms with Crippen molar-refractivity contribution in [2.24, 2.45) is 0 Å². The number of carbonyl (C=O) groups excluding carboxylic acids is 2. The Labute approximate surface area is 222 Å². The first-order valence-corrected chi connectivity index (χ1v) is 13.0. The number of amides is 1. The average molecular weight is 568 g/mol. The van der Waals surface area contributed by atoms with Crippen molar-refractivity contribution in [1.29, 1.82) is 0 Å². The first-order chi connectivity index (χ1) is 18.1. The molecular formula is C26H24F3NO8S. The molecule has 0 bridgehead atoms. The van der Waals surface area contributed by atoms with Gasteiger partial charge in [0.25, 0.3) is 0 Å². The molecule has 9 nitrogen and oxygen atoms in total. The lowest BCUT2D eigenvalue weighted by Gasteiger charge is -2.40. The van der Waals surface area contributed by atoms with Crippen molar-refractivity contribution in [2.75, 3.05) is 18.1 Å². The maximum atomic E-state index is 12.5. The second-order valence-electron chi connectivity index (χ2n) is 9.40. The lowest BCUT2D eigenvalue weighted by Crippen LogP contribution is -2.52. The van der Waals surface area contributed by atoms with Crippen LogP contribution >= 0.6 is 0 Å². The summed E-state index contributed by atoms with van der Waals surface area (Å²) in [6.45, 7) is 4.83. The largest absolute Gasteiger partial charge is 0.534 e. The van der Waals surface area contributed by atoms with Gasteiger partial charge in [-0.05, 0) is 61.7 Å². The van der Waals surface area contributed by atoms with E-state index >= 15 is 0 Å². The van der Waals surface area contributed by atoms with Gasteiger partial charge in [-0.25, -0.2) is 0 Å². The van der Waals surface area contributed by atoms with E-state index in [1.807, 2.05) is 0 Å². The Bertz CT molecular complexity index is 1410. The predicted molar refractivity (Wildman–Crippen MR) is 131 cm³/mol. The number of hydrogen-bond acceptors (Lipinski definition) is 8. The Morgan fingerprint density at radius 3 is 2.15 bits per heavy atom. The van der Waals surface area contributed by atoms with Gasteiger partial charge in [-0.1, -0.05) is 18.1 Å². The molecular weight excluding hydrogens is 543 g/mol. The highest BCUT2D eigenvalue weighted by Gasteiger charge is 2.48. The maximum absolute atomic E-state index is 12.5. The molecule has 4 rings (SSSR count). The molecule has 13 heteroatoms. The topological polar surface area (TPSA) is 108 Å².